The summed E-state index contributed by atoms with van der Waals surface area (Å²) in [6.07, 6.45) is 5.74. The smallest absolute Gasteiger partial charge is 0.255 e. The summed E-state index contributed by atoms with van der Waals surface area (Å²) in [5.74, 6) is 1.29. The van der Waals surface area contributed by atoms with Crippen LogP contribution in [0, 0.1) is 19.8 Å². The Labute approximate surface area is 181 Å². The molecule has 1 aromatic carbocycles. The second-order valence-electron chi connectivity index (χ2n) is 8.96. The zero-order chi connectivity index (χ0) is 21.5. The van der Waals surface area contributed by atoms with E-state index in [1.807, 2.05) is 26.0 Å². The number of aliphatic hydroxyl groups is 1. The number of fused-ring (bicyclic) bond motifs is 1. The van der Waals surface area contributed by atoms with Crippen molar-refractivity contribution < 1.29 is 14.6 Å². The molecule has 1 amide bonds. The Balaban J connectivity index is 1.52. The molecule has 2 aliphatic rings. The minimum atomic E-state index is -0.335. The quantitative estimate of drug-likeness (QED) is 0.565. The topological polar surface area (TPSA) is 100 Å². The van der Waals surface area contributed by atoms with Gasteiger partial charge in [-0.3, -0.25) is 4.79 Å². The van der Waals surface area contributed by atoms with Crippen LogP contribution in [0.25, 0.3) is 22.3 Å². The van der Waals surface area contributed by atoms with Gasteiger partial charge in [0.2, 0.25) is 0 Å². The van der Waals surface area contributed by atoms with Gasteiger partial charge in [-0.05, 0) is 64.0 Å². The van der Waals surface area contributed by atoms with Crippen molar-refractivity contribution in [3.63, 3.8) is 0 Å². The first-order valence-corrected chi connectivity index (χ1v) is 11.1. The molecule has 0 unspecified atom stereocenters. The van der Waals surface area contributed by atoms with Gasteiger partial charge in [-0.1, -0.05) is 11.6 Å². The number of benzene rings is 1. The van der Waals surface area contributed by atoms with Crippen LogP contribution in [0.1, 0.15) is 53.7 Å². The number of aliphatic hydroxyl groups excluding tert-OH is 1. The summed E-state index contributed by atoms with van der Waals surface area (Å²) in [4.78, 5) is 25.4. The maximum absolute atomic E-state index is 13.1. The first-order valence-electron chi connectivity index (χ1n) is 11.1. The highest BCUT2D eigenvalue weighted by Crippen LogP contribution is 2.37. The number of H-pyrrole nitrogens is 1. The third-order valence-corrected chi connectivity index (χ3v) is 6.30. The molecule has 2 atom stereocenters. The highest BCUT2D eigenvalue weighted by Gasteiger charge is 2.28. The van der Waals surface area contributed by atoms with Crippen molar-refractivity contribution in [2.75, 3.05) is 6.61 Å². The molecule has 7 heteroatoms. The van der Waals surface area contributed by atoms with E-state index in [1.54, 1.807) is 0 Å². The molecule has 3 aromatic rings. The fraction of sp³-hybridized carbons (Fsp3) is 0.458. The summed E-state index contributed by atoms with van der Waals surface area (Å²) in [5, 5.41) is 12.8. The number of nitrogens with one attached hydrogen (secondary N) is 2. The number of hydrogen-bond acceptors (Lipinski definition) is 5. The van der Waals surface area contributed by atoms with Crippen molar-refractivity contribution in [2.24, 2.45) is 5.92 Å². The van der Waals surface area contributed by atoms with E-state index in [0.717, 1.165) is 53.2 Å². The van der Waals surface area contributed by atoms with Crippen LogP contribution in [0.2, 0.25) is 0 Å². The van der Waals surface area contributed by atoms with Crippen LogP contribution in [0.3, 0.4) is 0 Å². The van der Waals surface area contributed by atoms with Crippen LogP contribution in [-0.4, -0.2) is 44.7 Å². The van der Waals surface area contributed by atoms with Crippen LogP contribution >= 0.6 is 0 Å². The second kappa shape index (κ2) is 7.96. The van der Waals surface area contributed by atoms with E-state index in [2.05, 4.69) is 26.3 Å². The average Bonchev–Trinajstić information content (AvgIpc) is 3.38. The van der Waals surface area contributed by atoms with E-state index in [4.69, 9.17) is 4.74 Å². The van der Waals surface area contributed by atoms with E-state index < -0.39 is 0 Å². The van der Waals surface area contributed by atoms with Crippen LogP contribution < -0.4 is 10.1 Å². The Hall–Kier alpha value is -2.93. The number of carbonyl (C=O) groups is 1. The summed E-state index contributed by atoms with van der Waals surface area (Å²) < 4.78 is 6.13. The third-order valence-electron chi connectivity index (χ3n) is 6.30. The van der Waals surface area contributed by atoms with Gasteiger partial charge in [-0.15, -0.1) is 0 Å². The van der Waals surface area contributed by atoms with Crippen LogP contribution in [0.15, 0.2) is 24.5 Å². The van der Waals surface area contributed by atoms with Gasteiger partial charge in [0.15, 0.2) is 0 Å². The minimum Gasteiger partial charge on any atom is -0.493 e. The van der Waals surface area contributed by atoms with Gasteiger partial charge in [-0.2, -0.15) is 0 Å². The van der Waals surface area contributed by atoms with Crippen LogP contribution in [0.4, 0.5) is 0 Å². The van der Waals surface area contributed by atoms with Crippen molar-refractivity contribution in [1.29, 1.82) is 0 Å². The summed E-state index contributed by atoms with van der Waals surface area (Å²) in [5.41, 5.74) is 5.38. The molecule has 3 N–H and O–H groups in total. The zero-order valence-electron chi connectivity index (χ0n) is 17.9. The monoisotopic (exact) mass is 420 g/mol. The molecule has 2 aromatic heterocycles. The number of aromatic nitrogens is 3. The molecule has 0 spiro atoms. The lowest BCUT2D eigenvalue weighted by Gasteiger charge is -2.13. The van der Waals surface area contributed by atoms with Crippen LogP contribution in [-0.2, 0) is 0 Å². The molecule has 0 bridgehead atoms. The van der Waals surface area contributed by atoms with Gasteiger partial charge in [0.1, 0.15) is 23.3 Å². The fourth-order valence-electron chi connectivity index (χ4n) is 4.40. The minimum absolute atomic E-state index is 0.00708. The highest BCUT2D eigenvalue weighted by atomic mass is 16.5. The number of nitrogens with zero attached hydrogens (tertiary/aromatic N) is 2. The molecule has 0 saturated heterocycles. The average molecular weight is 421 g/mol. The number of aryl methyl sites for hydroxylation is 2. The molecule has 2 fully saturated rings. The van der Waals surface area contributed by atoms with E-state index in [0.29, 0.717) is 23.4 Å². The lowest BCUT2D eigenvalue weighted by Crippen LogP contribution is -2.33. The first kappa shape index (κ1) is 20.0. The summed E-state index contributed by atoms with van der Waals surface area (Å²) in [7, 11) is 0. The Morgan fingerprint density at radius 1 is 1.23 bits per heavy atom. The van der Waals surface area contributed by atoms with Gasteiger partial charge in [0.05, 0.1) is 23.8 Å². The Kier molecular flexibility index (Phi) is 5.14. The number of carbonyl (C=O) groups excluding carboxylic acids is 1. The number of ether oxygens (including phenoxy) is 1. The Bertz CT molecular complexity index is 1140. The van der Waals surface area contributed by atoms with Crippen molar-refractivity contribution in [2.45, 2.75) is 58.1 Å². The predicted octanol–water partition coefficient (Wildman–Crippen LogP) is 3.67. The molecule has 2 aliphatic carbocycles. The Morgan fingerprint density at radius 2 is 2.06 bits per heavy atom. The van der Waals surface area contributed by atoms with E-state index >= 15 is 0 Å². The third kappa shape index (κ3) is 4.02. The molecular weight excluding hydrogens is 392 g/mol. The summed E-state index contributed by atoms with van der Waals surface area (Å²) in [6, 6.07) is 6.10. The molecule has 2 heterocycles. The molecule has 0 aliphatic heterocycles. The second-order valence-corrected chi connectivity index (χ2v) is 8.96. The van der Waals surface area contributed by atoms with E-state index in [-0.39, 0.29) is 18.1 Å². The van der Waals surface area contributed by atoms with Crippen molar-refractivity contribution in [3.05, 3.63) is 41.3 Å². The van der Waals surface area contributed by atoms with Crippen molar-refractivity contribution in [3.8, 4) is 17.0 Å². The molecular formula is C24H28N4O3. The van der Waals surface area contributed by atoms with Gasteiger partial charge in [-0.25, -0.2) is 9.97 Å². The zero-order valence-corrected chi connectivity index (χ0v) is 17.9. The van der Waals surface area contributed by atoms with E-state index in [9.17, 15) is 9.90 Å². The highest BCUT2D eigenvalue weighted by molar-refractivity contribution is 6.09. The molecule has 7 nitrogen and oxygen atoms in total. The Morgan fingerprint density at radius 3 is 2.81 bits per heavy atom. The van der Waals surface area contributed by atoms with Gasteiger partial charge < -0.3 is 20.1 Å². The molecule has 5 rings (SSSR count). The predicted molar refractivity (Wildman–Crippen MR) is 118 cm³/mol. The molecule has 162 valence electrons. The van der Waals surface area contributed by atoms with Crippen LogP contribution in [0.5, 0.6) is 5.75 Å². The maximum Gasteiger partial charge on any atom is 0.255 e. The number of aromatic amines is 1. The lowest BCUT2D eigenvalue weighted by atomic mass is 10.1. The number of hydrogen-bond donors (Lipinski definition) is 3. The van der Waals surface area contributed by atoms with Crippen molar-refractivity contribution >= 4 is 16.9 Å². The SMILES string of the molecule is Cc1ccc(OCC2CC2)c(-c2ncnc3c(C(=O)N[C@@H]4CC[C@H](O)C4)c(C)[nH]c23)c1. The van der Waals surface area contributed by atoms with Crippen molar-refractivity contribution in [1.82, 2.24) is 20.3 Å². The first-order chi connectivity index (χ1) is 15.0. The standard InChI is InChI=1S/C24H28N4O3/c1-13-3-8-19(31-11-15-4-5-15)18(9-13)21-23-22(26-12-25-21)20(14(2)27-23)24(30)28-16-6-7-17(29)10-16/h3,8-9,12,15-17,27,29H,4-7,10-11H2,1-2H3,(H,28,30)/t16-,17+/m1/s1. The fourth-order valence-corrected chi connectivity index (χ4v) is 4.40. The largest absolute Gasteiger partial charge is 0.493 e. The number of rotatable bonds is 6. The maximum atomic E-state index is 13.1. The molecule has 31 heavy (non-hydrogen) atoms. The van der Waals surface area contributed by atoms with Gasteiger partial charge >= 0.3 is 0 Å². The summed E-state index contributed by atoms with van der Waals surface area (Å²) in [6.45, 7) is 4.64. The van der Waals surface area contributed by atoms with Gasteiger partial charge in [0, 0.05) is 17.3 Å². The number of amides is 1. The normalized spacial score (nSPS) is 20.9. The van der Waals surface area contributed by atoms with E-state index in [1.165, 1.54) is 19.2 Å². The lowest BCUT2D eigenvalue weighted by molar-refractivity contribution is 0.0935. The van der Waals surface area contributed by atoms with Gasteiger partial charge in [0.25, 0.3) is 5.91 Å². The summed E-state index contributed by atoms with van der Waals surface area (Å²) >= 11 is 0. The molecule has 2 saturated carbocycles. The molecule has 0 radical (unpaired) electrons.